The monoisotopic (exact) mass is 347 g/mol. The number of para-hydroxylation sites is 2. The third-order valence-electron chi connectivity index (χ3n) is 4.60. The zero-order valence-corrected chi connectivity index (χ0v) is 15.1. The van der Waals surface area contributed by atoms with E-state index in [0.29, 0.717) is 0 Å². The van der Waals surface area contributed by atoms with Gasteiger partial charge in [0, 0.05) is 17.1 Å². The summed E-state index contributed by atoms with van der Waals surface area (Å²) in [4.78, 5) is 2.27. The summed E-state index contributed by atoms with van der Waals surface area (Å²) in [5, 5.41) is 0. The summed E-state index contributed by atoms with van der Waals surface area (Å²) >= 11 is 0. The molecule has 4 aromatic rings. The minimum atomic E-state index is 1.03. The van der Waals surface area contributed by atoms with Crippen LogP contribution in [0.4, 0.5) is 17.1 Å². The first kappa shape index (κ1) is 16.9. The van der Waals surface area contributed by atoms with Crippen LogP contribution in [0.5, 0.6) is 0 Å². The summed E-state index contributed by atoms with van der Waals surface area (Å²) in [5.41, 5.74) is 6.66. The Balaban J connectivity index is 1.79. The zero-order chi connectivity index (χ0) is 18.5. The van der Waals surface area contributed by atoms with Crippen LogP contribution in [0.2, 0.25) is 0 Å². The fourth-order valence-corrected chi connectivity index (χ4v) is 3.24. The maximum Gasteiger partial charge on any atom is 0.0467 e. The van der Waals surface area contributed by atoms with Crippen LogP contribution in [0.15, 0.2) is 122 Å². The number of hydrogen-bond acceptors (Lipinski definition) is 1. The molecule has 1 heteroatoms. The molecule has 0 aromatic heterocycles. The van der Waals surface area contributed by atoms with E-state index in [1.165, 1.54) is 0 Å². The van der Waals surface area contributed by atoms with Crippen molar-refractivity contribution in [1.82, 2.24) is 0 Å². The normalized spacial score (nSPS) is 10.4. The first-order valence-corrected chi connectivity index (χ1v) is 9.08. The Morgan fingerprint density at radius 3 is 1.48 bits per heavy atom. The molecule has 4 aromatic carbocycles. The van der Waals surface area contributed by atoms with Crippen LogP contribution in [0, 0.1) is 0 Å². The van der Waals surface area contributed by atoms with Gasteiger partial charge < -0.3 is 4.90 Å². The maximum absolute atomic E-state index is 4.32. The average molecular weight is 347 g/mol. The van der Waals surface area contributed by atoms with Gasteiger partial charge in [-0.25, -0.2) is 0 Å². The van der Waals surface area contributed by atoms with E-state index in [9.17, 15) is 0 Å². The van der Waals surface area contributed by atoms with Gasteiger partial charge in [-0.05, 0) is 53.1 Å². The Hall–Kier alpha value is -3.58. The van der Waals surface area contributed by atoms with Gasteiger partial charge >= 0.3 is 0 Å². The summed E-state index contributed by atoms with van der Waals surface area (Å²) < 4.78 is 0. The van der Waals surface area contributed by atoms with E-state index in [4.69, 9.17) is 0 Å². The summed E-state index contributed by atoms with van der Waals surface area (Å²) in [7, 11) is 0. The first-order chi connectivity index (χ1) is 13.3. The van der Waals surface area contributed by atoms with Gasteiger partial charge in [0.2, 0.25) is 0 Å². The van der Waals surface area contributed by atoms with Crippen LogP contribution in [0.1, 0.15) is 11.1 Å². The van der Waals surface area contributed by atoms with Crippen molar-refractivity contribution in [3.8, 4) is 0 Å². The molecule has 4 rings (SSSR count). The molecule has 0 heterocycles. The van der Waals surface area contributed by atoms with Crippen molar-refractivity contribution in [3.63, 3.8) is 0 Å². The van der Waals surface area contributed by atoms with Crippen molar-refractivity contribution in [3.05, 3.63) is 133 Å². The van der Waals surface area contributed by atoms with E-state index in [2.05, 4.69) is 96.4 Å². The SMILES string of the molecule is C=C(c1ccccc1)c1cccc(N(c2ccccc2)c2ccccc2)c1. The highest BCUT2D eigenvalue weighted by Gasteiger charge is 2.13. The predicted molar refractivity (Wildman–Crippen MR) is 116 cm³/mol. The lowest BCUT2D eigenvalue weighted by Gasteiger charge is -2.26. The van der Waals surface area contributed by atoms with Gasteiger partial charge in [-0.15, -0.1) is 0 Å². The van der Waals surface area contributed by atoms with Crippen LogP contribution < -0.4 is 4.90 Å². The van der Waals surface area contributed by atoms with Crippen LogP contribution in [0.25, 0.3) is 5.57 Å². The van der Waals surface area contributed by atoms with E-state index >= 15 is 0 Å². The van der Waals surface area contributed by atoms with Gasteiger partial charge in [-0.2, -0.15) is 0 Å². The molecule has 0 amide bonds. The second-order valence-corrected chi connectivity index (χ2v) is 6.40. The molecule has 1 nitrogen and oxygen atoms in total. The fourth-order valence-electron chi connectivity index (χ4n) is 3.24. The number of nitrogens with zero attached hydrogens (tertiary/aromatic N) is 1. The summed E-state index contributed by atoms with van der Waals surface area (Å²) in [5.74, 6) is 0. The Kier molecular flexibility index (Phi) is 4.84. The zero-order valence-electron chi connectivity index (χ0n) is 15.1. The van der Waals surface area contributed by atoms with Crippen molar-refractivity contribution in [1.29, 1.82) is 0 Å². The molecule has 0 radical (unpaired) electrons. The van der Waals surface area contributed by atoms with Crippen molar-refractivity contribution < 1.29 is 0 Å². The third-order valence-corrected chi connectivity index (χ3v) is 4.60. The van der Waals surface area contributed by atoms with Gasteiger partial charge in [0.15, 0.2) is 0 Å². The lowest BCUT2D eigenvalue weighted by molar-refractivity contribution is 1.28. The van der Waals surface area contributed by atoms with Gasteiger partial charge in [-0.1, -0.05) is 85.4 Å². The van der Waals surface area contributed by atoms with E-state index in [1.807, 2.05) is 30.3 Å². The van der Waals surface area contributed by atoms with E-state index < -0.39 is 0 Å². The number of benzene rings is 4. The lowest BCUT2D eigenvalue weighted by Crippen LogP contribution is -2.09. The number of anilines is 3. The van der Waals surface area contributed by atoms with E-state index in [1.54, 1.807) is 0 Å². The summed E-state index contributed by atoms with van der Waals surface area (Å²) in [6, 6.07) is 39.8. The van der Waals surface area contributed by atoms with Gasteiger partial charge in [0.25, 0.3) is 0 Å². The third kappa shape index (κ3) is 3.68. The highest BCUT2D eigenvalue weighted by atomic mass is 15.1. The maximum atomic E-state index is 4.32. The smallest absolute Gasteiger partial charge is 0.0467 e. The molecule has 27 heavy (non-hydrogen) atoms. The minimum Gasteiger partial charge on any atom is -0.310 e. The molecular weight excluding hydrogens is 326 g/mol. The molecule has 0 aliphatic rings. The van der Waals surface area contributed by atoms with E-state index in [-0.39, 0.29) is 0 Å². The molecule has 0 spiro atoms. The molecule has 0 saturated carbocycles. The topological polar surface area (TPSA) is 3.24 Å². The Morgan fingerprint density at radius 1 is 0.481 bits per heavy atom. The average Bonchev–Trinajstić information content (AvgIpc) is 2.76. The van der Waals surface area contributed by atoms with Gasteiger partial charge in [-0.3, -0.25) is 0 Å². The van der Waals surface area contributed by atoms with Crippen LogP contribution in [-0.2, 0) is 0 Å². The fraction of sp³-hybridized carbons (Fsp3) is 0. The largest absolute Gasteiger partial charge is 0.310 e. The Bertz CT molecular complexity index is 982. The van der Waals surface area contributed by atoms with Crippen LogP contribution >= 0.6 is 0 Å². The molecule has 0 saturated heterocycles. The molecule has 0 N–H and O–H groups in total. The van der Waals surface area contributed by atoms with Crippen LogP contribution in [0.3, 0.4) is 0 Å². The Morgan fingerprint density at radius 2 is 0.926 bits per heavy atom. The second kappa shape index (κ2) is 7.76. The van der Waals surface area contributed by atoms with E-state index in [0.717, 1.165) is 33.8 Å². The molecule has 0 aliphatic heterocycles. The molecule has 0 unspecified atom stereocenters. The molecule has 0 bridgehead atoms. The Labute approximate surface area is 160 Å². The highest BCUT2D eigenvalue weighted by molar-refractivity contribution is 5.83. The van der Waals surface area contributed by atoms with Gasteiger partial charge in [0.1, 0.15) is 0 Å². The summed E-state index contributed by atoms with van der Waals surface area (Å²) in [6.07, 6.45) is 0. The standard InChI is InChI=1S/C26H21N/c1-21(22-12-5-2-6-13-22)23-14-11-19-26(20-23)27(24-15-7-3-8-16-24)25-17-9-4-10-18-25/h2-20H,1H2. The van der Waals surface area contributed by atoms with Crippen molar-refractivity contribution in [2.75, 3.05) is 4.90 Å². The highest BCUT2D eigenvalue weighted by Crippen LogP contribution is 2.35. The van der Waals surface area contributed by atoms with Crippen LogP contribution in [-0.4, -0.2) is 0 Å². The predicted octanol–water partition coefficient (Wildman–Crippen LogP) is 7.22. The lowest BCUT2D eigenvalue weighted by atomic mass is 9.99. The first-order valence-electron chi connectivity index (χ1n) is 9.08. The molecule has 0 aliphatic carbocycles. The molecule has 0 fully saturated rings. The number of rotatable bonds is 5. The molecular formula is C26H21N. The molecule has 0 atom stereocenters. The molecule has 130 valence electrons. The minimum absolute atomic E-state index is 1.03. The van der Waals surface area contributed by atoms with Gasteiger partial charge in [0.05, 0.1) is 0 Å². The quantitative estimate of drug-likeness (QED) is 0.368. The van der Waals surface area contributed by atoms with Crippen molar-refractivity contribution >= 4 is 22.6 Å². The number of hydrogen-bond donors (Lipinski definition) is 0. The summed E-state index contributed by atoms with van der Waals surface area (Å²) in [6.45, 7) is 4.32. The van der Waals surface area contributed by atoms with Crippen molar-refractivity contribution in [2.24, 2.45) is 0 Å². The second-order valence-electron chi connectivity index (χ2n) is 6.40. The van der Waals surface area contributed by atoms with Crippen molar-refractivity contribution in [2.45, 2.75) is 0 Å².